The summed E-state index contributed by atoms with van der Waals surface area (Å²) in [6, 6.07) is 0. The second-order valence-corrected chi connectivity index (χ2v) is 19.5. The van der Waals surface area contributed by atoms with Gasteiger partial charge in [0.05, 0.1) is 0 Å². The maximum atomic E-state index is 12.8. The van der Waals surface area contributed by atoms with Crippen LogP contribution in [0.25, 0.3) is 0 Å². The molecule has 0 bridgehead atoms. The third-order valence-electron chi connectivity index (χ3n) is 12.8. The Balaban J connectivity index is 4.14. The van der Waals surface area contributed by atoms with Gasteiger partial charge in [-0.2, -0.15) is 0 Å². The van der Waals surface area contributed by atoms with Gasteiger partial charge in [-0.1, -0.05) is 255 Å². The largest absolute Gasteiger partial charge is 0.462 e. The van der Waals surface area contributed by atoms with Gasteiger partial charge >= 0.3 is 17.9 Å². The number of hydrogen-bond acceptors (Lipinski definition) is 6. The molecule has 1 unspecified atom stereocenters. The Kier molecular flexibility index (Phi) is 54.3. The van der Waals surface area contributed by atoms with Crippen molar-refractivity contribution in [2.75, 3.05) is 13.2 Å². The molecule has 68 heavy (non-hydrogen) atoms. The molecule has 0 aromatic heterocycles. The van der Waals surface area contributed by atoms with Crippen molar-refractivity contribution in [3.63, 3.8) is 0 Å². The van der Waals surface area contributed by atoms with Crippen LogP contribution in [0, 0.1) is 0 Å². The molecule has 0 spiro atoms. The van der Waals surface area contributed by atoms with E-state index < -0.39 is 6.10 Å². The zero-order valence-corrected chi connectivity index (χ0v) is 45.1. The van der Waals surface area contributed by atoms with Crippen LogP contribution >= 0.6 is 0 Å². The van der Waals surface area contributed by atoms with Gasteiger partial charge in [0.15, 0.2) is 6.10 Å². The van der Waals surface area contributed by atoms with Crippen LogP contribution in [0.3, 0.4) is 0 Å². The number of allylic oxidation sites excluding steroid dienone is 10. The molecule has 0 aromatic rings. The van der Waals surface area contributed by atoms with E-state index in [0.29, 0.717) is 19.3 Å². The van der Waals surface area contributed by atoms with Gasteiger partial charge < -0.3 is 14.2 Å². The van der Waals surface area contributed by atoms with Crippen LogP contribution in [0.1, 0.15) is 297 Å². The van der Waals surface area contributed by atoms with Crippen molar-refractivity contribution in [3.8, 4) is 0 Å². The van der Waals surface area contributed by atoms with Gasteiger partial charge in [-0.3, -0.25) is 14.4 Å². The van der Waals surface area contributed by atoms with Crippen LogP contribution in [-0.2, 0) is 28.6 Å². The number of rotatable bonds is 53. The first-order chi connectivity index (χ1) is 33.5. The Morgan fingerprint density at radius 2 is 0.574 bits per heavy atom. The van der Waals surface area contributed by atoms with Crippen molar-refractivity contribution in [2.24, 2.45) is 0 Å². The highest BCUT2D eigenvalue weighted by Crippen LogP contribution is 2.16. The van der Waals surface area contributed by atoms with Crippen molar-refractivity contribution in [1.82, 2.24) is 0 Å². The summed E-state index contributed by atoms with van der Waals surface area (Å²) < 4.78 is 16.8. The summed E-state index contributed by atoms with van der Waals surface area (Å²) >= 11 is 0. The predicted molar refractivity (Wildman–Crippen MR) is 293 cm³/mol. The molecular formula is C62H110O6. The van der Waals surface area contributed by atoms with E-state index in [0.717, 1.165) is 77.0 Å². The number of carbonyl (C=O) groups excluding carboxylic acids is 3. The molecule has 0 aliphatic heterocycles. The first-order valence-electron chi connectivity index (χ1n) is 29.3. The fraction of sp³-hybridized carbons (Fsp3) is 0.790. The normalized spacial score (nSPS) is 12.5. The quantitative estimate of drug-likeness (QED) is 0.0262. The number of unbranched alkanes of at least 4 members (excludes halogenated alkanes) is 32. The van der Waals surface area contributed by atoms with E-state index in [1.807, 2.05) is 0 Å². The van der Waals surface area contributed by atoms with E-state index in [2.05, 4.69) is 81.5 Å². The zero-order valence-electron chi connectivity index (χ0n) is 45.1. The van der Waals surface area contributed by atoms with Crippen LogP contribution in [0.4, 0.5) is 0 Å². The zero-order chi connectivity index (χ0) is 49.3. The molecule has 0 radical (unpaired) electrons. The van der Waals surface area contributed by atoms with Crippen molar-refractivity contribution < 1.29 is 28.6 Å². The highest BCUT2D eigenvalue weighted by molar-refractivity contribution is 5.71. The minimum atomic E-state index is -0.792. The number of hydrogen-bond donors (Lipinski definition) is 0. The number of ether oxygens (including phenoxy) is 3. The lowest BCUT2D eigenvalue weighted by molar-refractivity contribution is -0.167. The Labute approximate surface area is 421 Å². The topological polar surface area (TPSA) is 78.9 Å². The maximum Gasteiger partial charge on any atom is 0.306 e. The molecule has 6 nitrogen and oxygen atoms in total. The van der Waals surface area contributed by atoms with Crippen molar-refractivity contribution >= 4 is 17.9 Å². The second-order valence-electron chi connectivity index (χ2n) is 19.5. The van der Waals surface area contributed by atoms with Crippen molar-refractivity contribution in [1.29, 1.82) is 0 Å². The van der Waals surface area contributed by atoms with Gasteiger partial charge in [-0.05, 0) is 83.5 Å². The molecule has 1 atom stereocenters. The molecule has 0 aromatic carbocycles. The van der Waals surface area contributed by atoms with Gasteiger partial charge in [0.25, 0.3) is 0 Å². The molecule has 6 heteroatoms. The van der Waals surface area contributed by atoms with Gasteiger partial charge in [-0.25, -0.2) is 0 Å². The lowest BCUT2D eigenvalue weighted by Crippen LogP contribution is -2.30. The smallest absolute Gasteiger partial charge is 0.306 e. The van der Waals surface area contributed by atoms with Crippen LogP contribution in [0.2, 0.25) is 0 Å². The summed E-state index contributed by atoms with van der Waals surface area (Å²) in [5, 5.41) is 0. The predicted octanol–water partition coefficient (Wildman–Crippen LogP) is 19.6. The van der Waals surface area contributed by atoms with Crippen LogP contribution in [-0.4, -0.2) is 37.2 Å². The molecular weight excluding hydrogens is 841 g/mol. The Bertz CT molecular complexity index is 1230. The van der Waals surface area contributed by atoms with Gasteiger partial charge in [-0.15, -0.1) is 0 Å². The summed E-state index contributed by atoms with van der Waals surface area (Å²) in [7, 11) is 0. The number of esters is 3. The summed E-state index contributed by atoms with van der Waals surface area (Å²) in [5.74, 6) is -0.926. The molecule has 0 saturated carbocycles. The van der Waals surface area contributed by atoms with Crippen LogP contribution < -0.4 is 0 Å². The Morgan fingerprint density at radius 3 is 0.941 bits per heavy atom. The van der Waals surface area contributed by atoms with E-state index in [1.54, 1.807) is 0 Å². The summed E-state index contributed by atoms with van der Waals surface area (Å²) in [4.78, 5) is 37.9. The third kappa shape index (κ3) is 54.1. The molecule has 0 amide bonds. The van der Waals surface area contributed by atoms with E-state index in [-0.39, 0.29) is 37.5 Å². The first kappa shape index (κ1) is 65.1. The Hall–Kier alpha value is -2.89. The van der Waals surface area contributed by atoms with Crippen molar-refractivity contribution in [2.45, 2.75) is 303 Å². The lowest BCUT2D eigenvalue weighted by atomic mass is 10.0. The average molecular weight is 952 g/mol. The lowest BCUT2D eigenvalue weighted by Gasteiger charge is -2.18. The van der Waals surface area contributed by atoms with E-state index in [4.69, 9.17) is 14.2 Å². The first-order valence-corrected chi connectivity index (χ1v) is 29.3. The average Bonchev–Trinajstić information content (AvgIpc) is 3.34. The minimum Gasteiger partial charge on any atom is -0.462 e. The Morgan fingerprint density at radius 1 is 0.309 bits per heavy atom. The summed E-state index contributed by atoms with van der Waals surface area (Å²) in [5.41, 5.74) is 0. The molecule has 0 rings (SSSR count). The maximum absolute atomic E-state index is 12.8. The van der Waals surface area contributed by atoms with E-state index >= 15 is 0 Å². The molecule has 0 aliphatic carbocycles. The molecule has 0 heterocycles. The van der Waals surface area contributed by atoms with Crippen LogP contribution in [0.5, 0.6) is 0 Å². The summed E-state index contributed by atoms with van der Waals surface area (Å²) in [6.07, 6.45) is 71.1. The monoisotopic (exact) mass is 951 g/mol. The molecule has 0 aliphatic rings. The van der Waals surface area contributed by atoms with Crippen molar-refractivity contribution in [3.05, 3.63) is 60.8 Å². The second kappa shape index (κ2) is 56.7. The highest BCUT2D eigenvalue weighted by Gasteiger charge is 2.19. The van der Waals surface area contributed by atoms with Gasteiger partial charge in [0.1, 0.15) is 13.2 Å². The number of carbonyl (C=O) groups is 3. The summed E-state index contributed by atoms with van der Waals surface area (Å²) in [6.45, 7) is 6.48. The molecule has 394 valence electrons. The minimum absolute atomic E-state index is 0.0884. The molecule has 0 fully saturated rings. The van der Waals surface area contributed by atoms with Crippen LogP contribution in [0.15, 0.2) is 60.8 Å². The highest BCUT2D eigenvalue weighted by atomic mass is 16.6. The van der Waals surface area contributed by atoms with E-state index in [1.165, 1.54) is 173 Å². The third-order valence-corrected chi connectivity index (χ3v) is 12.8. The molecule has 0 N–H and O–H groups in total. The SMILES string of the molecule is CC/C=C\C/C=C\C/C=C\C/C=C\CCCCC(=O)OC(COC(=O)CCCCCCCCCC)COC(=O)CCCCCCCCCCCCCCCCC/C=C\CCCCCCCCCC. The standard InChI is InChI=1S/C62H110O6/c1-4-7-10-13-16-19-21-23-25-26-27-28-29-30-31-32-33-34-35-36-38-39-41-43-46-49-52-55-61(64)67-58-59(57-66-60(63)54-51-48-45-18-15-12-9-6-3)68-62(65)56-53-50-47-44-42-40-37-24-22-20-17-14-11-8-5-2/h8,11,17,20,24,26-27,37,42,44,59H,4-7,9-10,12-16,18-19,21-23,25,28-36,38-41,43,45-58H2,1-3H3/b11-8-,20-17-,27-26-,37-24-,44-42-. The fourth-order valence-electron chi connectivity index (χ4n) is 8.37. The molecule has 0 saturated heterocycles. The fourth-order valence-corrected chi connectivity index (χ4v) is 8.37. The van der Waals surface area contributed by atoms with Gasteiger partial charge in [0.2, 0.25) is 0 Å². The van der Waals surface area contributed by atoms with E-state index in [9.17, 15) is 14.4 Å². The van der Waals surface area contributed by atoms with Gasteiger partial charge in [0, 0.05) is 19.3 Å².